The van der Waals surface area contributed by atoms with Crippen LogP contribution in [0.25, 0.3) is 10.9 Å². The summed E-state index contributed by atoms with van der Waals surface area (Å²) in [6, 6.07) is 20.9. The molecule has 0 unspecified atom stereocenters. The van der Waals surface area contributed by atoms with Crippen LogP contribution in [0.2, 0.25) is 0 Å². The van der Waals surface area contributed by atoms with E-state index in [2.05, 4.69) is 16.3 Å². The fourth-order valence-corrected chi connectivity index (χ4v) is 4.21. The predicted molar refractivity (Wildman–Crippen MR) is 133 cm³/mol. The molecule has 0 radical (unpaired) electrons. The molecule has 1 amide bonds. The van der Waals surface area contributed by atoms with Gasteiger partial charge in [0.2, 0.25) is 0 Å². The molecule has 0 saturated carbocycles. The Bertz CT molecular complexity index is 1370. The molecule has 1 aliphatic rings. The number of carbonyl (C=O) groups excluding carboxylic acids is 1. The Kier molecular flexibility index (Phi) is 5.67. The first kappa shape index (κ1) is 21.6. The Morgan fingerprint density at radius 3 is 2.35 bits per heavy atom. The highest BCUT2D eigenvalue weighted by Crippen LogP contribution is 2.36. The lowest BCUT2D eigenvalue weighted by Gasteiger charge is -2.19. The maximum Gasteiger partial charge on any atom is 0.255 e. The van der Waals surface area contributed by atoms with Gasteiger partial charge in [0, 0.05) is 35.3 Å². The fourth-order valence-electron chi connectivity index (χ4n) is 4.21. The van der Waals surface area contributed by atoms with E-state index in [-0.39, 0.29) is 5.91 Å². The molecular formula is C27H25N3O4. The zero-order chi connectivity index (χ0) is 23.7. The number of hydrogen-bond acceptors (Lipinski definition) is 6. The van der Waals surface area contributed by atoms with Crippen molar-refractivity contribution in [1.29, 1.82) is 0 Å². The third-order valence-electron chi connectivity index (χ3n) is 6.04. The monoisotopic (exact) mass is 455 g/mol. The highest BCUT2D eigenvalue weighted by atomic mass is 16.5. The minimum Gasteiger partial charge on any atom is -0.497 e. The molecule has 1 N–H and O–H groups in total. The van der Waals surface area contributed by atoms with E-state index in [1.165, 1.54) is 5.56 Å². The summed E-state index contributed by atoms with van der Waals surface area (Å²) < 4.78 is 16.0. The molecule has 0 fully saturated rings. The molecule has 7 heteroatoms. The second-order valence-corrected chi connectivity index (χ2v) is 8.00. The average Bonchev–Trinajstić information content (AvgIpc) is 3.29. The number of benzene rings is 3. The van der Waals surface area contributed by atoms with Crippen LogP contribution in [0.15, 0.2) is 66.7 Å². The number of ether oxygens (including phenoxy) is 3. The van der Waals surface area contributed by atoms with Crippen LogP contribution in [-0.4, -0.2) is 38.8 Å². The Morgan fingerprint density at radius 1 is 0.882 bits per heavy atom. The lowest BCUT2D eigenvalue weighted by molar-refractivity contribution is 0.102. The van der Waals surface area contributed by atoms with Gasteiger partial charge in [0.25, 0.3) is 5.91 Å². The lowest BCUT2D eigenvalue weighted by atomic mass is 10.1. The zero-order valence-electron chi connectivity index (χ0n) is 19.3. The Balaban J connectivity index is 1.38. The second kappa shape index (κ2) is 8.94. The van der Waals surface area contributed by atoms with Gasteiger partial charge in [-0.25, -0.2) is 4.98 Å². The molecule has 34 heavy (non-hydrogen) atoms. The smallest absolute Gasteiger partial charge is 0.255 e. The second-order valence-electron chi connectivity index (χ2n) is 8.00. The highest BCUT2D eigenvalue weighted by Gasteiger charge is 2.23. The normalized spacial score (nSPS) is 12.4. The first-order chi connectivity index (χ1) is 16.6. The number of rotatable bonds is 6. The van der Waals surface area contributed by atoms with Crippen molar-refractivity contribution < 1.29 is 19.0 Å². The van der Waals surface area contributed by atoms with Gasteiger partial charge >= 0.3 is 0 Å². The van der Waals surface area contributed by atoms with E-state index in [4.69, 9.17) is 19.2 Å². The van der Waals surface area contributed by atoms with Crippen LogP contribution in [0, 0.1) is 0 Å². The fraction of sp³-hybridized carbons (Fsp3) is 0.185. The molecule has 2 heterocycles. The number of fused-ring (bicyclic) bond motifs is 2. The Labute approximate surface area is 197 Å². The predicted octanol–water partition coefficient (Wildman–Crippen LogP) is 5.21. The van der Waals surface area contributed by atoms with Crippen molar-refractivity contribution >= 4 is 34.0 Å². The van der Waals surface area contributed by atoms with Crippen molar-refractivity contribution in [3.63, 3.8) is 0 Å². The maximum absolute atomic E-state index is 12.9. The molecule has 0 saturated heterocycles. The van der Waals surface area contributed by atoms with Gasteiger partial charge in [-0.3, -0.25) is 4.79 Å². The Hall–Kier alpha value is -4.26. The molecule has 1 aliphatic heterocycles. The van der Waals surface area contributed by atoms with Gasteiger partial charge in [0.1, 0.15) is 23.1 Å². The van der Waals surface area contributed by atoms with Crippen molar-refractivity contribution in [3.05, 3.63) is 77.9 Å². The first-order valence-corrected chi connectivity index (χ1v) is 11.0. The van der Waals surface area contributed by atoms with Gasteiger partial charge < -0.3 is 24.4 Å². The van der Waals surface area contributed by atoms with Crippen molar-refractivity contribution in [2.24, 2.45) is 0 Å². The first-order valence-electron chi connectivity index (χ1n) is 11.0. The van der Waals surface area contributed by atoms with Crippen LogP contribution in [0.1, 0.15) is 15.9 Å². The summed E-state index contributed by atoms with van der Waals surface area (Å²) in [6.07, 6.45) is 0.919. The number of carbonyl (C=O) groups is 1. The van der Waals surface area contributed by atoms with Gasteiger partial charge in [-0.05, 0) is 66.6 Å². The number of pyridine rings is 1. The number of methoxy groups -OCH3 is 3. The SMILES string of the molecule is COc1ccc(OC)c(NC(=O)c2ccc(N3CCc4cc5ccc(OC)cc5nc43)cc2)c1. The largest absolute Gasteiger partial charge is 0.497 e. The molecule has 0 bridgehead atoms. The topological polar surface area (TPSA) is 72.9 Å². The van der Waals surface area contributed by atoms with Crippen LogP contribution in [-0.2, 0) is 6.42 Å². The molecule has 5 rings (SSSR count). The number of hydrogen-bond donors (Lipinski definition) is 1. The molecular weight excluding hydrogens is 430 g/mol. The van der Waals surface area contributed by atoms with Crippen LogP contribution in [0.4, 0.5) is 17.2 Å². The molecule has 4 aromatic rings. The van der Waals surface area contributed by atoms with Crippen LogP contribution >= 0.6 is 0 Å². The number of aromatic nitrogens is 1. The highest BCUT2D eigenvalue weighted by molar-refractivity contribution is 6.05. The molecule has 172 valence electrons. The summed E-state index contributed by atoms with van der Waals surface area (Å²) in [6.45, 7) is 0.836. The molecule has 1 aromatic heterocycles. The van der Waals surface area contributed by atoms with Crippen molar-refractivity contribution in [2.75, 3.05) is 38.1 Å². The van der Waals surface area contributed by atoms with E-state index in [9.17, 15) is 4.79 Å². The van der Waals surface area contributed by atoms with Gasteiger partial charge in [-0.1, -0.05) is 0 Å². The molecule has 7 nitrogen and oxygen atoms in total. The van der Waals surface area contributed by atoms with Crippen LogP contribution in [0.5, 0.6) is 17.2 Å². The van der Waals surface area contributed by atoms with Gasteiger partial charge in [-0.2, -0.15) is 0 Å². The quantitative estimate of drug-likeness (QED) is 0.430. The lowest BCUT2D eigenvalue weighted by Crippen LogP contribution is -2.16. The molecule has 3 aromatic carbocycles. The zero-order valence-corrected chi connectivity index (χ0v) is 19.3. The summed E-state index contributed by atoms with van der Waals surface area (Å²) in [5, 5.41) is 4.00. The van der Waals surface area contributed by atoms with Gasteiger partial charge in [-0.15, -0.1) is 0 Å². The van der Waals surface area contributed by atoms with E-state index < -0.39 is 0 Å². The molecule has 0 aliphatic carbocycles. The standard InChI is InChI=1S/C27H25N3O4/c1-32-21-9-6-18-14-19-12-13-30(26(19)28-23(18)15-21)20-7-4-17(5-8-20)27(31)29-24-16-22(33-2)10-11-25(24)34-3/h4-11,14-16H,12-13H2,1-3H3,(H,29,31). The third-order valence-corrected chi connectivity index (χ3v) is 6.04. The van der Waals surface area contributed by atoms with Crippen LogP contribution < -0.4 is 24.4 Å². The summed E-state index contributed by atoms with van der Waals surface area (Å²) in [7, 11) is 4.80. The summed E-state index contributed by atoms with van der Waals surface area (Å²) in [5.41, 5.74) is 4.20. The van der Waals surface area contributed by atoms with Gasteiger partial charge in [0.15, 0.2) is 0 Å². The van der Waals surface area contributed by atoms with Crippen LogP contribution in [0.3, 0.4) is 0 Å². The Morgan fingerprint density at radius 2 is 1.62 bits per heavy atom. The average molecular weight is 456 g/mol. The van der Waals surface area contributed by atoms with E-state index in [1.807, 2.05) is 42.5 Å². The number of amides is 1. The maximum atomic E-state index is 12.9. The van der Waals surface area contributed by atoms with E-state index >= 15 is 0 Å². The van der Waals surface area contributed by atoms with E-state index in [0.29, 0.717) is 22.7 Å². The summed E-state index contributed by atoms with van der Waals surface area (Å²) in [4.78, 5) is 20.0. The number of nitrogens with zero attached hydrogens (tertiary/aromatic N) is 2. The summed E-state index contributed by atoms with van der Waals surface area (Å²) >= 11 is 0. The minimum atomic E-state index is -0.226. The molecule has 0 atom stereocenters. The molecule has 0 spiro atoms. The van der Waals surface area contributed by atoms with Crippen molar-refractivity contribution in [1.82, 2.24) is 4.98 Å². The third kappa shape index (κ3) is 3.96. The summed E-state index contributed by atoms with van der Waals surface area (Å²) in [5.74, 6) is 2.70. The number of nitrogens with one attached hydrogen (secondary N) is 1. The van der Waals surface area contributed by atoms with Crippen molar-refractivity contribution in [2.45, 2.75) is 6.42 Å². The number of anilines is 3. The minimum absolute atomic E-state index is 0.226. The van der Waals surface area contributed by atoms with Gasteiger partial charge in [0.05, 0.1) is 32.5 Å². The van der Waals surface area contributed by atoms with E-state index in [0.717, 1.165) is 41.1 Å². The van der Waals surface area contributed by atoms with Crippen molar-refractivity contribution in [3.8, 4) is 17.2 Å². The van der Waals surface area contributed by atoms with E-state index in [1.54, 1.807) is 39.5 Å².